The molecule has 0 bridgehead atoms. The molecule has 6 nitrogen and oxygen atoms in total. The normalized spacial score (nSPS) is 23.4. The molecule has 0 spiro atoms. The summed E-state index contributed by atoms with van der Waals surface area (Å²) in [4.78, 5) is 3.98. The number of hydrogen-bond acceptors (Lipinski definition) is 3. The zero-order chi connectivity index (χ0) is 12.2. The first-order valence-electron chi connectivity index (χ1n) is 5.34. The van der Waals surface area contributed by atoms with Crippen molar-refractivity contribution in [2.75, 3.05) is 33.4 Å². The summed E-state index contributed by atoms with van der Waals surface area (Å²) in [5.41, 5.74) is 0. The summed E-state index contributed by atoms with van der Waals surface area (Å²) in [7, 11) is 0.378. The maximum Gasteiger partial charge on any atom is 0.211 e. The minimum atomic E-state index is -3.08. The van der Waals surface area contributed by atoms with Crippen molar-refractivity contribution >= 4 is 16.0 Å². The molecule has 0 aliphatic carbocycles. The molecule has 1 fully saturated rings. The van der Waals surface area contributed by atoms with Gasteiger partial charge in [0.1, 0.15) is 0 Å². The third-order valence-electron chi connectivity index (χ3n) is 2.71. The van der Waals surface area contributed by atoms with E-state index in [0.29, 0.717) is 19.0 Å². The van der Waals surface area contributed by atoms with Gasteiger partial charge in [-0.25, -0.2) is 8.42 Å². The van der Waals surface area contributed by atoms with E-state index in [1.165, 1.54) is 6.26 Å². The Morgan fingerprint density at radius 3 is 2.75 bits per heavy atom. The van der Waals surface area contributed by atoms with Gasteiger partial charge in [-0.2, -0.15) is 4.31 Å². The van der Waals surface area contributed by atoms with Crippen LogP contribution in [-0.4, -0.2) is 58.2 Å². The van der Waals surface area contributed by atoms with Crippen LogP contribution in [-0.2, 0) is 10.0 Å². The van der Waals surface area contributed by atoms with Crippen molar-refractivity contribution in [1.82, 2.24) is 14.9 Å². The molecule has 2 N–H and O–H groups in total. The Balaban J connectivity index is 2.54. The first kappa shape index (κ1) is 13.2. The van der Waals surface area contributed by atoms with E-state index < -0.39 is 10.0 Å². The second-order valence-electron chi connectivity index (χ2n) is 3.87. The number of aliphatic imine (C=N–C) groups is 1. The van der Waals surface area contributed by atoms with Gasteiger partial charge in [-0.1, -0.05) is 0 Å². The summed E-state index contributed by atoms with van der Waals surface area (Å²) in [6, 6.07) is 0.0418. The van der Waals surface area contributed by atoms with Crippen molar-refractivity contribution in [3.05, 3.63) is 0 Å². The van der Waals surface area contributed by atoms with Gasteiger partial charge in [0, 0.05) is 33.2 Å². The first-order chi connectivity index (χ1) is 7.49. The van der Waals surface area contributed by atoms with Crippen LogP contribution < -0.4 is 10.6 Å². The lowest BCUT2D eigenvalue weighted by Gasteiger charge is -2.22. The fourth-order valence-corrected chi connectivity index (χ4v) is 3.13. The van der Waals surface area contributed by atoms with Gasteiger partial charge >= 0.3 is 0 Å². The van der Waals surface area contributed by atoms with E-state index in [0.717, 1.165) is 12.8 Å². The van der Waals surface area contributed by atoms with Gasteiger partial charge < -0.3 is 10.6 Å². The Labute approximate surface area is 97.2 Å². The smallest absolute Gasteiger partial charge is 0.211 e. The average molecular weight is 248 g/mol. The lowest BCUT2D eigenvalue weighted by atomic mass is 10.2. The maximum absolute atomic E-state index is 11.5. The molecule has 0 aromatic rings. The number of rotatable bonds is 3. The highest BCUT2D eigenvalue weighted by atomic mass is 32.2. The van der Waals surface area contributed by atoms with Crippen LogP contribution in [0.25, 0.3) is 0 Å². The zero-order valence-electron chi connectivity index (χ0n) is 10.0. The monoisotopic (exact) mass is 248 g/mol. The Hall–Kier alpha value is -0.820. The standard InChI is InChI=1S/C9H20N4O2S/c1-10-9(11-2)12-7-8-5-4-6-13(8)16(3,14)15/h8H,4-7H2,1-3H3,(H2,10,11,12)/t8-/m1/s1. The highest BCUT2D eigenvalue weighted by Crippen LogP contribution is 2.19. The average Bonchev–Trinajstić information content (AvgIpc) is 2.67. The Kier molecular flexibility index (Phi) is 4.55. The molecule has 16 heavy (non-hydrogen) atoms. The molecule has 0 aromatic heterocycles. The van der Waals surface area contributed by atoms with Crippen LogP contribution in [0.5, 0.6) is 0 Å². The van der Waals surface area contributed by atoms with Gasteiger partial charge in [0.2, 0.25) is 10.0 Å². The van der Waals surface area contributed by atoms with Crippen molar-refractivity contribution < 1.29 is 8.42 Å². The Morgan fingerprint density at radius 2 is 2.25 bits per heavy atom. The third-order valence-corrected chi connectivity index (χ3v) is 4.05. The summed E-state index contributed by atoms with van der Waals surface area (Å²) in [6.45, 7) is 1.23. The topological polar surface area (TPSA) is 73.8 Å². The molecule has 0 amide bonds. The minimum Gasteiger partial charge on any atom is -0.359 e. The number of hydrogen-bond donors (Lipinski definition) is 2. The van der Waals surface area contributed by atoms with Gasteiger partial charge in [-0.3, -0.25) is 4.99 Å². The van der Waals surface area contributed by atoms with Crippen molar-refractivity contribution in [3.8, 4) is 0 Å². The van der Waals surface area contributed by atoms with Crippen LogP contribution in [0.2, 0.25) is 0 Å². The molecular formula is C9H20N4O2S. The summed E-state index contributed by atoms with van der Waals surface area (Å²) >= 11 is 0. The first-order valence-corrected chi connectivity index (χ1v) is 7.19. The predicted octanol–water partition coefficient (Wildman–Crippen LogP) is -0.795. The molecule has 1 aliphatic rings. The largest absolute Gasteiger partial charge is 0.359 e. The van der Waals surface area contributed by atoms with E-state index in [-0.39, 0.29) is 6.04 Å². The SMILES string of the molecule is CN=C(NC)NC[C@H]1CCCN1S(C)(=O)=O. The summed E-state index contributed by atoms with van der Waals surface area (Å²) in [5, 5.41) is 6.00. The van der Waals surface area contributed by atoms with E-state index >= 15 is 0 Å². The second kappa shape index (κ2) is 5.49. The second-order valence-corrected chi connectivity index (χ2v) is 5.81. The van der Waals surface area contributed by atoms with Crippen LogP contribution in [0.4, 0.5) is 0 Å². The van der Waals surface area contributed by atoms with Gasteiger partial charge in [0.15, 0.2) is 5.96 Å². The molecule has 0 radical (unpaired) electrons. The molecular weight excluding hydrogens is 228 g/mol. The fraction of sp³-hybridized carbons (Fsp3) is 0.889. The molecule has 0 unspecified atom stereocenters. The third kappa shape index (κ3) is 3.34. The molecule has 0 saturated carbocycles. The van der Waals surface area contributed by atoms with E-state index in [1.807, 2.05) is 0 Å². The van der Waals surface area contributed by atoms with Crippen molar-refractivity contribution in [2.45, 2.75) is 18.9 Å². The maximum atomic E-state index is 11.5. The molecule has 0 aromatic carbocycles. The quantitative estimate of drug-likeness (QED) is 0.507. The number of nitrogens with one attached hydrogen (secondary N) is 2. The minimum absolute atomic E-state index is 0.0418. The number of guanidine groups is 1. The van der Waals surface area contributed by atoms with Crippen LogP contribution in [0.15, 0.2) is 4.99 Å². The lowest BCUT2D eigenvalue weighted by molar-refractivity contribution is 0.387. The van der Waals surface area contributed by atoms with Crippen molar-refractivity contribution in [3.63, 3.8) is 0 Å². The van der Waals surface area contributed by atoms with E-state index in [1.54, 1.807) is 18.4 Å². The molecule has 94 valence electrons. The zero-order valence-corrected chi connectivity index (χ0v) is 10.8. The van der Waals surface area contributed by atoms with Crippen molar-refractivity contribution in [1.29, 1.82) is 0 Å². The predicted molar refractivity (Wildman–Crippen MR) is 65.0 cm³/mol. The van der Waals surface area contributed by atoms with Crippen LogP contribution in [0.1, 0.15) is 12.8 Å². The highest BCUT2D eigenvalue weighted by Gasteiger charge is 2.31. The van der Waals surface area contributed by atoms with Crippen LogP contribution >= 0.6 is 0 Å². The Morgan fingerprint density at radius 1 is 1.56 bits per heavy atom. The van der Waals surface area contributed by atoms with Crippen molar-refractivity contribution in [2.24, 2.45) is 4.99 Å². The van der Waals surface area contributed by atoms with Crippen LogP contribution in [0, 0.1) is 0 Å². The summed E-state index contributed by atoms with van der Waals surface area (Å²) in [5.74, 6) is 0.681. The molecule has 1 rings (SSSR count). The summed E-state index contributed by atoms with van der Waals surface area (Å²) in [6.07, 6.45) is 3.09. The number of nitrogens with zero attached hydrogens (tertiary/aromatic N) is 2. The number of sulfonamides is 1. The molecule has 1 atom stereocenters. The van der Waals surface area contributed by atoms with Gasteiger partial charge in [-0.05, 0) is 12.8 Å². The molecule has 7 heteroatoms. The molecule has 1 saturated heterocycles. The highest BCUT2D eigenvalue weighted by molar-refractivity contribution is 7.88. The van der Waals surface area contributed by atoms with E-state index in [2.05, 4.69) is 15.6 Å². The van der Waals surface area contributed by atoms with Gasteiger partial charge in [0.05, 0.1) is 6.26 Å². The summed E-state index contributed by atoms with van der Waals surface area (Å²) < 4.78 is 24.5. The van der Waals surface area contributed by atoms with Gasteiger partial charge in [-0.15, -0.1) is 0 Å². The lowest BCUT2D eigenvalue weighted by Crippen LogP contribution is -2.45. The van der Waals surface area contributed by atoms with Gasteiger partial charge in [0.25, 0.3) is 0 Å². The van der Waals surface area contributed by atoms with E-state index in [4.69, 9.17) is 0 Å². The molecule has 1 heterocycles. The molecule has 1 aliphatic heterocycles. The van der Waals surface area contributed by atoms with E-state index in [9.17, 15) is 8.42 Å². The fourth-order valence-electron chi connectivity index (χ4n) is 1.94. The Bertz CT molecular complexity index is 353. The van der Waals surface area contributed by atoms with Crippen LogP contribution in [0.3, 0.4) is 0 Å².